The minimum atomic E-state index is -0.0480. The fourth-order valence-electron chi connectivity index (χ4n) is 3.71. The molecule has 0 radical (unpaired) electrons. The number of methoxy groups -OCH3 is 1. The van der Waals surface area contributed by atoms with Crippen molar-refractivity contribution in [3.05, 3.63) is 71.5 Å². The molecule has 1 aliphatic heterocycles. The largest absolute Gasteiger partial charge is 0.497 e. The number of aromatic nitrogens is 2. The zero-order valence-corrected chi connectivity index (χ0v) is 18.6. The first-order valence-corrected chi connectivity index (χ1v) is 10.9. The number of carbonyl (C=O) groups excluding carboxylic acids is 1. The van der Waals surface area contributed by atoms with E-state index in [1.165, 1.54) is 0 Å². The Kier molecular flexibility index (Phi) is 7.07. The lowest BCUT2D eigenvalue weighted by Crippen LogP contribution is -2.40. The van der Waals surface area contributed by atoms with Gasteiger partial charge in [-0.1, -0.05) is 35.9 Å². The highest BCUT2D eigenvalue weighted by Crippen LogP contribution is 2.32. The van der Waals surface area contributed by atoms with Crippen molar-refractivity contribution in [3.8, 4) is 17.4 Å². The van der Waals surface area contributed by atoms with Gasteiger partial charge in [0, 0.05) is 49.0 Å². The molecule has 0 saturated carbocycles. The smallest absolute Gasteiger partial charge is 0.263 e. The van der Waals surface area contributed by atoms with Crippen LogP contribution >= 0.6 is 11.6 Å². The van der Waals surface area contributed by atoms with Crippen molar-refractivity contribution in [1.29, 1.82) is 0 Å². The van der Waals surface area contributed by atoms with Gasteiger partial charge in [-0.25, -0.2) is 9.97 Å². The highest BCUT2D eigenvalue weighted by atomic mass is 35.5. The van der Waals surface area contributed by atoms with E-state index in [9.17, 15) is 4.79 Å². The van der Waals surface area contributed by atoms with E-state index in [2.05, 4.69) is 20.2 Å². The number of nitrogens with one attached hydrogen (secondary N) is 1. The molecular weight excluding hydrogens is 428 g/mol. The number of rotatable bonds is 7. The third-order valence-electron chi connectivity index (χ3n) is 5.48. The Morgan fingerprint density at radius 1 is 1.09 bits per heavy atom. The van der Waals surface area contributed by atoms with Gasteiger partial charge in [-0.15, -0.1) is 0 Å². The Labute approximate surface area is 192 Å². The molecule has 166 valence electrons. The van der Waals surface area contributed by atoms with Crippen LogP contribution in [0.15, 0.2) is 60.9 Å². The molecule has 7 nitrogen and oxygen atoms in total. The molecule has 1 saturated heterocycles. The van der Waals surface area contributed by atoms with Crippen molar-refractivity contribution in [2.24, 2.45) is 5.92 Å². The second-order valence-corrected chi connectivity index (χ2v) is 7.94. The molecule has 3 aromatic rings. The van der Waals surface area contributed by atoms with Gasteiger partial charge in [-0.2, -0.15) is 0 Å². The first-order chi connectivity index (χ1) is 15.6. The summed E-state index contributed by atoms with van der Waals surface area (Å²) in [4.78, 5) is 23.6. The molecule has 32 heavy (non-hydrogen) atoms. The summed E-state index contributed by atoms with van der Waals surface area (Å²) in [7, 11) is 1.61. The van der Waals surface area contributed by atoms with Crippen molar-refractivity contribution in [2.45, 2.75) is 19.4 Å². The summed E-state index contributed by atoms with van der Waals surface area (Å²) in [5.41, 5.74) is 0.916. The molecule has 1 fully saturated rings. The zero-order chi connectivity index (χ0) is 22.3. The Morgan fingerprint density at radius 2 is 1.84 bits per heavy atom. The average Bonchev–Trinajstić information content (AvgIpc) is 2.84. The van der Waals surface area contributed by atoms with Crippen LogP contribution in [0.3, 0.4) is 0 Å². The Balaban J connectivity index is 1.36. The molecule has 8 heteroatoms. The third kappa shape index (κ3) is 5.29. The van der Waals surface area contributed by atoms with Crippen LogP contribution in [0.2, 0.25) is 5.02 Å². The van der Waals surface area contributed by atoms with E-state index in [0.717, 1.165) is 18.4 Å². The maximum atomic E-state index is 12.7. The lowest BCUT2D eigenvalue weighted by molar-refractivity contribution is -0.125. The van der Waals surface area contributed by atoms with Gasteiger partial charge >= 0.3 is 0 Å². The van der Waals surface area contributed by atoms with E-state index in [-0.39, 0.29) is 11.8 Å². The Bertz CT molecular complexity index is 1070. The van der Waals surface area contributed by atoms with Gasteiger partial charge in [0.25, 0.3) is 5.88 Å². The van der Waals surface area contributed by atoms with E-state index in [1.54, 1.807) is 25.6 Å². The summed E-state index contributed by atoms with van der Waals surface area (Å²) < 4.78 is 11.2. The number of piperidine rings is 1. The predicted octanol–water partition coefficient (Wildman–Crippen LogP) is 4.46. The second kappa shape index (κ2) is 10.3. The maximum Gasteiger partial charge on any atom is 0.263 e. The van der Waals surface area contributed by atoms with Gasteiger partial charge < -0.3 is 19.7 Å². The van der Waals surface area contributed by atoms with E-state index in [4.69, 9.17) is 21.1 Å². The van der Waals surface area contributed by atoms with E-state index >= 15 is 0 Å². The van der Waals surface area contributed by atoms with Crippen molar-refractivity contribution in [2.75, 3.05) is 25.1 Å². The van der Waals surface area contributed by atoms with E-state index in [0.29, 0.717) is 47.9 Å². The van der Waals surface area contributed by atoms with Crippen LogP contribution in [0.4, 0.5) is 5.82 Å². The molecule has 1 amide bonds. The number of ether oxygens (including phenoxy) is 2. The summed E-state index contributed by atoms with van der Waals surface area (Å²) in [6.45, 7) is 1.82. The van der Waals surface area contributed by atoms with Gasteiger partial charge in [-0.3, -0.25) is 4.79 Å². The minimum Gasteiger partial charge on any atom is -0.497 e. The van der Waals surface area contributed by atoms with Crippen LogP contribution in [0.25, 0.3) is 0 Å². The molecule has 1 aromatic heterocycles. The van der Waals surface area contributed by atoms with Gasteiger partial charge in [0.1, 0.15) is 11.5 Å². The standard InChI is InChI=1S/C24H25ClN4O3/c1-31-19-6-4-7-20(15-19)32-24-22(26-11-12-27-24)29-13-9-17(10-14-29)23(30)28-16-18-5-2-3-8-21(18)25/h2-8,11-12,15,17H,9-10,13-14,16H2,1H3,(H,28,30). The van der Waals surface area contributed by atoms with Crippen LogP contribution in [0.1, 0.15) is 18.4 Å². The molecule has 4 rings (SSSR count). The van der Waals surface area contributed by atoms with Gasteiger partial charge in [0.15, 0.2) is 5.82 Å². The number of halogens is 1. The molecule has 0 unspecified atom stereocenters. The summed E-state index contributed by atoms with van der Waals surface area (Å²) in [6, 6.07) is 14.9. The van der Waals surface area contributed by atoms with E-state index in [1.807, 2.05) is 42.5 Å². The molecule has 2 heterocycles. The van der Waals surface area contributed by atoms with Crippen molar-refractivity contribution in [3.63, 3.8) is 0 Å². The Hall–Kier alpha value is -3.32. The van der Waals surface area contributed by atoms with Crippen LogP contribution in [0.5, 0.6) is 17.4 Å². The normalized spacial score (nSPS) is 14.1. The van der Waals surface area contributed by atoms with Gasteiger partial charge in [0.2, 0.25) is 5.91 Å². The van der Waals surface area contributed by atoms with Crippen LogP contribution in [-0.2, 0) is 11.3 Å². The predicted molar refractivity (Wildman–Crippen MR) is 123 cm³/mol. The number of hydrogen-bond donors (Lipinski definition) is 1. The zero-order valence-electron chi connectivity index (χ0n) is 17.8. The number of benzene rings is 2. The number of amides is 1. The molecule has 2 aromatic carbocycles. The molecule has 0 atom stereocenters. The molecular formula is C24H25ClN4O3. The first kappa shape index (κ1) is 21.9. The fraction of sp³-hybridized carbons (Fsp3) is 0.292. The van der Waals surface area contributed by atoms with Crippen LogP contribution < -0.4 is 19.7 Å². The van der Waals surface area contributed by atoms with Crippen LogP contribution in [-0.4, -0.2) is 36.1 Å². The fourth-order valence-corrected chi connectivity index (χ4v) is 3.91. The number of nitrogens with zero attached hydrogens (tertiary/aromatic N) is 3. The summed E-state index contributed by atoms with van der Waals surface area (Å²) >= 11 is 6.18. The van der Waals surface area contributed by atoms with Crippen LogP contribution in [0, 0.1) is 5.92 Å². The summed E-state index contributed by atoms with van der Waals surface area (Å²) in [5.74, 6) is 2.44. The third-order valence-corrected chi connectivity index (χ3v) is 5.85. The molecule has 0 aliphatic carbocycles. The SMILES string of the molecule is COc1cccc(Oc2nccnc2N2CCC(C(=O)NCc3ccccc3Cl)CC2)c1. The highest BCUT2D eigenvalue weighted by Gasteiger charge is 2.27. The average molecular weight is 453 g/mol. The van der Waals surface area contributed by atoms with Gasteiger partial charge in [-0.05, 0) is 36.6 Å². The second-order valence-electron chi connectivity index (χ2n) is 7.54. The summed E-state index contributed by atoms with van der Waals surface area (Å²) in [5, 5.41) is 3.67. The lowest BCUT2D eigenvalue weighted by Gasteiger charge is -2.32. The minimum absolute atomic E-state index is 0.0480. The highest BCUT2D eigenvalue weighted by molar-refractivity contribution is 6.31. The maximum absolute atomic E-state index is 12.7. The topological polar surface area (TPSA) is 76.6 Å². The number of carbonyl (C=O) groups is 1. The number of anilines is 1. The number of hydrogen-bond acceptors (Lipinski definition) is 6. The molecule has 1 aliphatic rings. The molecule has 1 N–H and O–H groups in total. The van der Waals surface area contributed by atoms with Crippen molar-refractivity contribution >= 4 is 23.3 Å². The Morgan fingerprint density at radius 3 is 2.62 bits per heavy atom. The molecule has 0 bridgehead atoms. The van der Waals surface area contributed by atoms with Crippen molar-refractivity contribution < 1.29 is 14.3 Å². The monoisotopic (exact) mass is 452 g/mol. The summed E-state index contributed by atoms with van der Waals surface area (Å²) in [6.07, 6.45) is 4.71. The van der Waals surface area contributed by atoms with E-state index < -0.39 is 0 Å². The first-order valence-electron chi connectivity index (χ1n) is 10.5. The lowest BCUT2D eigenvalue weighted by atomic mass is 9.96. The quantitative estimate of drug-likeness (QED) is 0.570. The van der Waals surface area contributed by atoms with Crippen molar-refractivity contribution in [1.82, 2.24) is 15.3 Å². The van der Waals surface area contributed by atoms with Gasteiger partial charge in [0.05, 0.1) is 7.11 Å². The molecule has 0 spiro atoms.